The Morgan fingerprint density at radius 1 is 1.47 bits per heavy atom. The van der Waals surface area contributed by atoms with Crippen LogP contribution in [0.5, 0.6) is 0 Å². The summed E-state index contributed by atoms with van der Waals surface area (Å²) < 4.78 is 1.38. The maximum absolute atomic E-state index is 10.9. The molecule has 0 radical (unpaired) electrons. The largest absolute Gasteiger partial charge is 0.298 e. The van der Waals surface area contributed by atoms with E-state index in [0.717, 1.165) is 0 Å². The number of rotatable bonds is 3. The summed E-state index contributed by atoms with van der Waals surface area (Å²) in [6.45, 7) is 0. The molecule has 0 aliphatic carbocycles. The number of non-ortho nitro benzene ring substituents is 1. The summed E-state index contributed by atoms with van der Waals surface area (Å²) in [5.41, 5.74) is 0.477. The summed E-state index contributed by atoms with van der Waals surface area (Å²) in [6.07, 6.45) is 3.46. The summed E-state index contributed by atoms with van der Waals surface area (Å²) in [4.78, 5) is 20.9. The van der Waals surface area contributed by atoms with Crippen molar-refractivity contribution in [3.05, 3.63) is 51.3 Å². The third kappa shape index (κ3) is 2.16. The number of aldehydes is 1. The highest BCUT2D eigenvalue weighted by atomic mass is 35.5. The lowest BCUT2D eigenvalue weighted by atomic mass is 10.2. The molecule has 0 fully saturated rings. The molecular formula is C10H6ClN3O3. The monoisotopic (exact) mass is 251 g/mol. The summed E-state index contributed by atoms with van der Waals surface area (Å²) in [6, 6.07) is 3.95. The zero-order valence-corrected chi connectivity index (χ0v) is 9.16. The Hall–Kier alpha value is -2.21. The highest BCUT2D eigenvalue weighted by Gasteiger charge is 2.12. The van der Waals surface area contributed by atoms with E-state index >= 15 is 0 Å². The van der Waals surface area contributed by atoms with Crippen LogP contribution in [0.2, 0.25) is 5.02 Å². The lowest BCUT2D eigenvalue weighted by Gasteiger charge is -2.03. The smallest absolute Gasteiger partial charge is 0.270 e. The lowest BCUT2D eigenvalue weighted by molar-refractivity contribution is -0.384. The van der Waals surface area contributed by atoms with Crippen LogP contribution in [0.4, 0.5) is 5.69 Å². The molecule has 6 nitrogen and oxygen atoms in total. The van der Waals surface area contributed by atoms with Crippen molar-refractivity contribution in [3.8, 4) is 5.69 Å². The van der Waals surface area contributed by atoms with Gasteiger partial charge in [0.1, 0.15) is 0 Å². The Labute approximate surface area is 101 Å². The molecule has 1 aromatic heterocycles. The van der Waals surface area contributed by atoms with Crippen LogP contribution in [0.25, 0.3) is 5.69 Å². The van der Waals surface area contributed by atoms with Gasteiger partial charge in [-0.1, -0.05) is 11.6 Å². The third-order valence-electron chi connectivity index (χ3n) is 2.15. The number of aromatic nitrogens is 2. The van der Waals surface area contributed by atoms with Crippen LogP contribution in [-0.2, 0) is 0 Å². The molecule has 0 saturated heterocycles. The SMILES string of the molecule is O=Cc1cc([N+](=O)[O-])ccc1-n1cc(Cl)cn1. The van der Waals surface area contributed by atoms with Crippen molar-refractivity contribution in [2.75, 3.05) is 0 Å². The average Bonchev–Trinajstić information content (AvgIpc) is 2.74. The first kappa shape index (κ1) is 11.3. The van der Waals surface area contributed by atoms with E-state index in [9.17, 15) is 14.9 Å². The van der Waals surface area contributed by atoms with Crippen LogP contribution in [0.3, 0.4) is 0 Å². The van der Waals surface area contributed by atoms with Gasteiger partial charge in [-0.25, -0.2) is 4.68 Å². The van der Waals surface area contributed by atoms with E-state index in [1.807, 2.05) is 0 Å². The van der Waals surface area contributed by atoms with Gasteiger partial charge in [0.05, 0.1) is 21.8 Å². The fraction of sp³-hybridized carbons (Fsp3) is 0. The molecular weight excluding hydrogens is 246 g/mol. The Morgan fingerprint density at radius 3 is 2.76 bits per heavy atom. The van der Waals surface area contributed by atoms with Gasteiger partial charge in [-0.2, -0.15) is 5.10 Å². The van der Waals surface area contributed by atoms with Gasteiger partial charge >= 0.3 is 0 Å². The predicted molar refractivity (Wildman–Crippen MR) is 60.6 cm³/mol. The number of nitro groups is 1. The van der Waals surface area contributed by atoms with Gasteiger partial charge in [0.2, 0.25) is 0 Å². The van der Waals surface area contributed by atoms with Crippen LogP contribution < -0.4 is 0 Å². The molecule has 2 aromatic rings. The van der Waals surface area contributed by atoms with Gasteiger partial charge in [0.25, 0.3) is 5.69 Å². The van der Waals surface area contributed by atoms with Crippen molar-refractivity contribution in [2.24, 2.45) is 0 Å². The summed E-state index contributed by atoms with van der Waals surface area (Å²) in [5, 5.41) is 14.9. The quantitative estimate of drug-likeness (QED) is 0.476. The van der Waals surface area contributed by atoms with E-state index in [1.54, 1.807) is 0 Å². The molecule has 2 rings (SSSR count). The molecule has 0 atom stereocenters. The fourth-order valence-electron chi connectivity index (χ4n) is 1.39. The maximum Gasteiger partial charge on any atom is 0.270 e. The molecule has 86 valence electrons. The molecule has 1 heterocycles. The molecule has 1 aromatic carbocycles. The van der Waals surface area contributed by atoms with Gasteiger partial charge in [0.15, 0.2) is 6.29 Å². The van der Waals surface area contributed by atoms with E-state index in [-0.39, 0.29) is 11.3 Å². The van der Waals surface area contributed by atoms with Crippen molar-refractivity contribution < 1.29 is 9.72 Å². The van der Waals surface area contributed by atoms with Crippen LogP contribution in [-0.4, -0.2) is 21.0 Å². The van der Waals surface area contributed by atoms with Crippen molar-refractivity contribution in [1.82, 2.24) is 9.78 Å². The second-order valence-corrected chi connectivity index (χ2v) is 3.66. The normalized spacial score (nSPS) is 10.2. The van der Waals surface area contributed by atoms with Crippen LogP contribution in [0.1, 0.15) is 10.4 Å². The zero-order valence-electron chi connectivity index (χ0n) is 8.41. The molecule has 0 spiro atoms. The van der Waals surface area contributed by atoms with Crippen molar-refractivity contribution in [2.45, 2.75) is 0 Å². The van der Waals surface area contributed by atoms with E-state index in [2.05, 4.69) is 5.10 Å². The Kier molecular flexibility index (Phi) is 2.88. The molecule has 17 heavy (non-hydrogen) atoms. The second kappa shape index (κ2) is 4.34. The van der Waals surface area contributed by atoms with Gasteiger partial charge in [-0.05, 0) is 6.07 Å². The van der Waals surface area contributed by atoms with Crippen LogP contribution in [0.15, 0.2) is 30.6 Å². The number of halogens is 1. The minimum Gasteiger partial charge on any atom is -0.298 e. The minimum atomic E-state index is -0.563. The highest BCUT2D eigenvalue weighted by Crippen LogP contribution is 2.20. The standard InChI is InChI=1S/C10H6ClN3O3/c11-8-4-12-13(5-8)10-2-1-9(14(16)17)3-7(10)6-15/h1-6H. The fourth-order valence-corrected chi connectivity index (χ4v) is 1.53. The first-order valence-corrected chi connectivity index (χ1v) is 4.94. The van der Waals surface area contributed by atoms with E-state index in [1.165, 1.54) is 35.3 Å². The van der Waals surface area contributed by atoms with E-state index in [0.29, 0.717) is 17.0 Å². The lowest BCUT2D eigenvalue weighted by Crippen LogP contribution is -2.00. The molecule has 0 amide bonds. The van der Waals surface area contributed by atoms with E-state index in [4.69, 9.17) is 11.6 Å². The van der Waals surface area contributed by atoms with Gasteiger partial charge < -0.3 is 0 Å². The molecule has 0 saturated carbocycles. The third-order valence-corrected chi connectivity index (χ3v) is 2.34. The highest BCUT2D eigenvalue weighted by molar-refractivity contribution is 6.30. The second-order valence-electron chi connectivity index (χ2n) is 3.22. The Bertz CT molecular complexity index is 594. The number of hydrogen-bond acceptors (Lipinski definition) is 4. The number of nitrogens with zero attached hydrogens (tertiary/aromatic N) is 3. The van der Waals surface area contributed by atoms with Crippen LogP contribution in [0, 0.1) is 10.1 Å². The maximum atomic E-state index is 10.9. The van der Waals surface area contributed by atoms with Gasteiger partial charge in [0, 0.05) is 23.9 Å². The first-order chi connectivity index (χ1) is 8.11. The molecule has 0 N–H and O–H groups in total. The average molecular weight is 252 g/mol. The Morgan fingerprint density at radius 2 is 2.24 bits per heavy atom. The van der Waals surface area contributed by atoms with Crippen molar-refractivity contribution in [1.29, 1.82) is 0 Å². The number of carbonyl (C=O) groups is 1. The molecule has 0 unspecified atom stereocenters. The number of carbonyl (C=O) groups excluding carboxylic acids is 1. The van der Waals surface area contributed by atoms with E-state index < -0.39 is 4.92 Å². The molecule has 7 heteroatoms. The predicted octanol–water partition coefficient (Wildman–Crippen LogP) is 2.25. The Balaban J connectivity index is 2.55. The zero-order chi connectivity index (χ0) is 12.4. The summed E-state index contributed by atoms with van der Waals surface area (Å²) >= 11 is 5.71. The van der Waals surface area contributed by atoms with Gasteiger partial charge in [-0.3, -0.25) is 14.9 Å². The number of nitro benzene ring substituents is 1. The van der Waals surface area contributed by atoms with Gasteiger partial charge in [-0.15, -0.1) is 0 Å². The molecule has 0 aliphatic heterocycles. The number of hydrogen-bond donors (Lipinski definition) is 0. The summed E-state index contributed by atoms with van der Waals surface area (Å²) in [7, 11) is 0. The molecule has 0 aliphatic rings. The molecule has 0 bridgehead atoms. The summed E-state index contributed by atoms with van der Waals surface area (Å²) in [5.74, 6) is 0. The van der Waals surface area contributed by atoms with Crippen LogP contribution >= 0.6 is 11.6 Å². The number of benzene rings is 1. The minimum absolute atomic E-state index is 0.144. The first-order valence-electron chi connectivity index (χ1n) is 4.56. The van der Waals surface area contributed by atoms with Crippen molar-refractivity contribution in [3.63, 3.8) is 0 Å². The topological polar surface area (TPSA) is 78.0 Å². The van der Waals surface area contributed by atoms with Crippen molar-refractivity contribution >= 4 is 23.6 Å².